The molecule has 0 heterocycles. The summed E-state index contributed by atoms with van der Waals surface area (Å²) in [5, 5.41) is 0. The first-order valence-corrected chi connectivity index (χ1v) is 6.57. The van der Waals surface area contributed by atoms with Crippen molar-refractivity contribution in [2.24, 2.45) is 11.8 Å². The van der Waals surface area contributed by atoms with E-state index < -0.39 is 0 Å². The van der Waals surface area contributed by atoms with Gasteiger partial charge in [-0.05, 0) is 61.8 Å². The highest BCUT2D eigenvalue weighted by Crippen LogP contribution is 2.31. The van der Waals surface area contributed by atoms with Crippen molar-refractivity contribution in [3.63, 3.8) is 0 Å². The first-order valence-electron chi connectivity index (χ1n) is 6.57. The highest BCUT2D eigenvalue weighted by Gasteiger charge is 2.25. The van der Waals surface area contributed by atoms with Gasteiger partial charge in [-0.25, -0.2) is 0 Å². The molecule has 0 bridgehead atoms. The van der Waals surface area contributed by atoms with Gasteiger partial charge in [-0.2, -0.15) is 0 Å². The van der Waals surface area contributed by atoms with Gasteiger partial charge >= 0.3 is 0 Å². The van der Waals surface area contributed by atoms with E-state index in [1.54, 1.807) is 0 Å². The highest BCUT2D eigenvalue weighted by atomic mass is 16.5. The number of hydrogen-bond donors (Lipinski definition) is 1. The van der Waals surface area contributed by atoms with E-state index in [0.29, 0.717) is 6.10 Å². The summed E-state index contributed by atoms with van der Waals surface area (Å²) in [6, 6.07) is 5.95. The lowest BCUT2D eigenvalue weighted by atomic mass is 9.82. The fourth-order valence-corrected chi connectivity index (χ4v) is 2.88. The number of nitrogens with two attached hydrogens (primary N) is 1. The van der Waals surface area contributed by atoms with E-state index in [2.05, 4.69) is 13.8 Å². The van der Waals surface area contributed by atoms with Crippen molar-refractivity contribution in [2.45, 2.75) is 46.1 Å². The van der Waals surface area contributed by atoms with Crippen molar-refractivity contribution in [1.29, 1.82) is 0 Å². The number of benzene rings is 1. The van der Waals surface area contributed by atoms with Crippen molar-refractivity contribution in [2.75, 3.05) is 5.73 Å². The SMILES string of the molecule is Cc1cc(OC2CC(C)CC(C)C2)ccc1N. The van der Waals surface area contributed by atoms with Crippen LogP contribution in [0.2, 0.25) is 0 Å². The molecule has 1 aromatic carbocycles. The Hall–Kier alpha value is -1.18. The number of ether oxygens (including phenoxy) is 1. The molecule has 1 aromatic rings. The molecule has 0 spiro atoms. The summed E-state index contributed by atoms with van der Waals surface area (Å²) in [5.74, 6) is 2.51. The Labute approximate surface area is 104 Å². The highest BCUT2D eigenvalue weighted by molar-refractivity contribution is 5.49. The van der Waals surface area contributed by atoms with Gasteiger partial charge in [0, 0.05) is 5.69 Å². The van der Waals surface area contributed by atoms with Crippen LogP contribution in [-0.4, -0.2) is 6.10 Å². The van der Waals surface area contributed by atoms with Gasteiger partial charge in [0.25, 0.3) is 0 Å². The number of aryl methyl sites for hydroxylation is 1. The predicted molar refractivity (Wildman–Crippen MR) is 72.2 cm³/mol. The second-order valence-corrected chi connectivity index (χ2v) is 5.68. The third-order valence-corrected chi connectivity index (χ3v) is 3.68. The molecule has 2 atom stereocenters. The Morgan fingerprint density at radius 1 is 1.12 bits per heavy atom. The zero-order chi connectivity index (χ0) is 12.4. The van der Waals surface area contributed by atoms with E-state index in [-0.39, 0.29) is 0 Å². The Bertz CT molecular complexity index is 379. The van der Waals surface area contributed by atoms with E-state index in [4.69, 9.17) is 10.5 Å². The quantitative estimate of drug-likeness (QED) is 0.789. The lowest BCUT2D eigenvalue weighted by molar-refractivity contribution is 0.101. The lowest BCUT2D eigenvalue weighted by Gasteiger charge is -2.31. The molecule has 2 unspecified atom stereocenters. The summed E-state index contributed by atoms with van der Waals surface area (Å²) >= 11 is 0. The zero-order valence-electron chi connectivity index (χ0n) is 11.1. The van der Waals surface area contributed by atoms with Crippen molar-refractivity contribution in [3.05, 3.63) is 23.8 Å². The molecular formula is C15H23NO. The van der Waals surface area contributed by atoms with E-state index in [9.17, 15) is 0 Å². The van der Waals surface area contributed by atoms with Gasteiger partial charge in [0.05, 0.1) is 6.10 Å². The minimum Gasteiger partial charge on any atom is -0.490 e. The molecular weight excluding hydrogens is 210 g/mol. The Morgan fingerprint density at radius 2 is 1.76 bits per heavy atom. The first-order chi connectivity index (χ1) is 8.04. The number of rotatable bonds is 2. The third-order valence-electron chi connectivity index (χ3n) is 3.68. The third kappa shape index (κ3) is 3.15. The van der Waals surface area contributed by atoms with Crippen molar-refractivity contribution < 1.29 is 4.74 Å². The molecule has 2 nitrogen and oxygen atoms in total. The molecule has 17 heavy (non-hydrogen) atoms. The van der Waals surface area contributed by atoms with Crippen LogP contribution in [0, 0.1) is 18.8 Å². The molecule has 0 radical (unpaired) electrons. The van der Waals surface area contributed by atoms with E-state index in [0.717, 1.165) is 28.8 Å². The second-order valence-electron chi connectivity index (χ2n) is 5.68. The number of anilines is 1. The maximum absolute atomic E-state index is 6.08. The van der Waals surface area contributed by atoms with Gasteiger partial charge in [-0.1, -0.05) is 13.8 Å². The molecule has 94 valence electrons. The summed E-state index contributed by atoms with van der Waals surface area (Å²) in [6.07, 6.45) is 4.05. The lowest BCUT2D eigenvalue weighted by Crippen LogP contribution is -2.28. The van der Waals surface area contributed by atoms with Gasteiger partial charge in [-0.15, -0.1) is 0 Å². The molecule has 1 fully saturated rings. The summed E-state index contributed by atoms with van der Waals surface area (Å²) in [7, 11) is 0. The maximum Gasteiger partial charge on any atom is 0.120 e. The van der Waals surface area contributed by atoms with Gasteiger partial charge in [0.1, 0.15) is 5.75 Å². The van der Waals surface area contributed by atoms with Crippen LogP contribution in [0.1, 0.15) is 38.7 Å². The summed E-state index contributed by atoms with van der Waals surface area (Å²) in [6.45, 7) is 6.66. The average molecular weight is 233 g/mol. The van der Waals surface area contributed by atoms with E-state index in [1.165, 1.54) is 19.3 Å². The standard InChI is InChI=1S/C15H23NO/c1-10-6-11(2)8-14(7-10)17-13-4-5-15(16)12(3)9-13/h4-5,9-11,14H,6-8,16H2,1-3H3. The van der Waals surface area contributed by atoms with Crippen LogP contribution in [0.3, 0.4) is 0 Å². The van der Waals surface area contributed by atoms with Gasteiger partial charge in [0.2, 0.25) is 0 Å². The van der Waals surface area contributed by atoms with Crippen molar-refractivity contribution >= 4 is 5.69 Å². The van der Waals surface area contributed by atoms with Crippen molar-refractivity contribution in [1.82, 2.24) is 0 Å². The Balaban J connectivity index is 2.02. The summed E-state index contributed by atoms with van der Waals surface area (Å²) < 4.78 is 6.08. The first kappa shape index (κ1) is 12.3. The van der Waals surface area contributed by atoms with Crippen LogP contribution in [0.4, 0.5) is 5.69 Å². The molecule has 0 saturated heterocycles. The molecule has 1 aliphatic rings. The van der Waals surface area contributed by atoms with Crippen LogP contribution >= 0.6 is 0 Å². The Morgan fingerprint density at radius 3 is 2.35 bits per heavy atom. The normalized spacial score (nSPS) is 29.0. The fraction of sp³-hybridized carbons (Fsp3) is 0.600. The maximum atomic E-state index is 6.08. The monoisotopic (exact) mass is 233 g/mol. The van der Waals surface area contributed by atoms with Gasteiger partial charge in [-0.3, -0.25) is 0 Å². The molecule has 1 saturated carbocycles. The average Bonchev–Trinajstić information content (AvgIpc) is 2.22. The summed E-state index contributed by atoms with van der Waals surface area (Å²) in [5.41, 5.74) is 7.74. The molecule has 2 heteroatoms. The molecule has 0 aromatic heterocycles. The largest absolute Gasteiger partial charge is 0.490 e. The minimum atomic E-state index is 0.372. The number of hydrogen-bond acceptors (Lipinski definition) is 2. The molecule has 2 N–H and O–H groups in total. The zero-order valence-corrected chi connectivity index (χ0v) is 11.1. The minimum absolute atomic E-state index is 0.372. The second kappa shape index (κ2) is 4.99. The number of nitrogen functional groups attached to an aromatic ring is 1. The molecule has 0 amide bonds. The smallest absolute Gasteiger partial charge is 0.120 e. The van der Waals surface area contributed by atoms with Crippen molar-refractivity contribution in [3.8, 4) is 5.75 Å². The predicted octanol–water partition coefficient (Wildman–Crippen LogP) is 3.78. The summed E-state index contributed by atoms with van der Waals surface area (Å²) in [4.78, 5) is 0. The fourth-order valence-electron chi connectivity index (χ4n) is 2.88. The van der Waals surface area contributed by atoms with E-state index >= 15 is 0 Å². The van der Waals surface area contributed by atoms with Crippen LogP contribution in [-0.2, 0) is 0 Å². The van der Waals surface area contributed by atoms with Gasteiger partial charge < -0.3 is 10.5 Å². The van der Waals surface area contributed by atoms with Gasteiger partial charge in [0.15, 0.2) is 0 Å². The van der Waals surface area contributed by atoms with E-state index in [1.807, 2.05) is 25.1 Å². The van der Waals surface area contributed by atoms with Crippen LogP contribution in [0.25, 0.3) is 0 Å². The van der Waals surface area contributed by atoms with Crippen LogP contribution in [0.15, 0.2) is 18.2 Å². The topological polar surface area (TPSA) is 35.2 Å². The molecule has 0 aliphatic heterocycles. The molecule has 2 rings (SSSR count). The van der Waals surface area contributed by atoms with Crippen LogP contribution < -0.4 is 10.5 Å². The van der Waals surface area contributed by atoms with Crippen LogP contribution in [0.5, 0.6) is 5.75 Å². The molecule has 1 aliphatic carbocycles. The Kier molecular flexibility index (Phi) is 3.60.